The van der Waals surface area contributed by atoms with E-state index in [-0.39, 0.29) is 6.61 Å². The minimum atomic E-state index is -0.464. The van der Waals surface area contributed by atoms with E-state index in [0.717, 1.165) is 24.4 Å². The number of esters is 1. The van der Waals surface area contributed by atoms with Crippen LogP contribution in [0.4, 0.5) is 11.4 Å². The van der Waals surface area contributed by atoms with Crippen molar-refractivity contribution in [2.75, 3.05) is 11.5 Å². The third kappa shape index (κ3) is 3.34. The van der Waals surface area contributed by atoms with Crippen LogP contribution >= 0.6 is 0 Å². The van der Waals surface area contributed by atoms with Crippen molar-refractivity contribution >= 4 is 17.3 Å². The molecule has 1 aromatic carbocycles. The Morgan fingerprint density at radius 2 is 2.05 bits per heavy atom. The van der Waals surface area contributed by atoms with Gasteiger partial charge in [0.05, 0.1) is 17.0 Å². The maximum atomic E-state index is 12.1. The quantitative estimate of drug-likeness (QED) is 0.648. The van der Waals surface area contributed by atoms with Crippen LogP contribution in [0.2, 0.25) is 0 Å². The summed E-state index contributed by atoms with van der Waals surface area (Å²) in [7, 11) is 0. The highest BCUT2D eigenvalue weighted by Crippen LogP contribution is 2.17. The third-order valence-corrected chi connectivity index (χ3v) is 3.22. The average Bonchev–Trinajstić information content (AvgIpc) is 2.87. The van der Waals surface area contributed by atoms with Crippen LogP contribution < -0.4 is 11.5 Å². The van der Waals surface area contributed by atoms with Crippen LogP contribution in [0.5, 0.6) is 0 Å². The van der Waals surface area contributed by atoms with Gasteiger partial charge in [-0.1, -0.05) is 6.92 Å². The number of carbonyl (C=O) groups is 1. The lowest BCUT2D eigenvalue weighted by molar-refractivity contribution is 0.0463. The van der Waals surface area contributed by atoms with Crippen molar-refractivity contribution in [3.63, 3.8) is 0 Å². The van der Waals surface area contributed by atoms with Gasteiger partial charge in [-0.15, -0.1) is 0 Å². The molecule has 0 fully saturated rings. The molecule has 0 amide bonds. The molecule has 0 aliphatic rings. The van der Waals surface area contributed by atoms with E-state index in [1.807, 2.05) is 24.6 Å². The summed E-state index contributed by atoms with van der Waals surface area (Å²) in [5.74, 6) is -0.464. The van der Waals surface area contributed by atoms with E-state index in [2.05, 4.69) is 5.10 Å². The molecule has 6 nitrogen and oxygen atoms in total. The number of nitrogen functional groups attached to an aromatic ring is 2. The van der Waals surface area contributed by atoms with Gasteiger partial charge < -0.3 is 16.2 Å². The first-order chi connectivity index (χ1) is 10.0. The Morgan fingerprint density at radius 1 is 1.29 bits per heavy atom. The Bertz CT molecular complexity index is 649. The molecular weight excluding hydrogens is 268 g/mol. The van der Waals surface area contributed by atoms with Gasteiger partial charge in [-0.3, -0.25) is 4.68 Å². The van der Waals surface area contributed by atoms with Gasteiger partial charge in [0.1, 0.15) is 6.61 Å². The maximum absolute atomic E-state index is 12.1. The van der Waals surface area contributed by atoms with Crippen LogP contribution in [0, 0.1) is 0 Å². The fourth-order valence-corrected chi connectivity index (χ4v) is 2.06. The highest BCUT2D eigenvalue weighted by atomic mass is 16.5. The highest BCUT2D eigenvalue weighted by molar-refractivity contribution is 5.95. The molecule has 0 radical (unpaired) electrons. The summed E-state index contributed by atoms with van der Waals surface area (Å²) in [5, 5.41) is 4.41. The van der Waals surface area contributed by atoms with Gasteiger partial charge in [-0.25, -0.2) is 4.79 Å². The second kappa shape index (κ2) is 6.30. The van der Waals surface area contributed by atoms with Crippen molar-refractivity contribution in [1.82, 2.24) is 9.78 Å². The van der Waals surface area contributed by atoms with Crippen molar-refractivity contribution in [2.24, 2.45) is 0 Å². The third-order valence-electron chi connectivity index (χ3n) is 3.22. The normalized spacial score (nSPS) is 10.6. The number of ether oxygens (including phenoxy) is 1. The SMILES string of the molecule is CCc1cc(COC(=O)c2ccc(N)cc2N)n(CC)n1. The predicted octanol–water partition coefficient (Wildman–Crippen LogP) is 1.99. The predicted molar refractivity (Wildman–Crippen MR) is 81.7 cm³/mol. The summed E-state index contributed by atoms with van der Waals surface area (Å²) in [6.45, 7) is 4.93. The molecule has 0 unspecified atom stereocenters. The Kier molecular flexibility index (Phi) is 4.47. The number of nitrogens with two attached hydrogens (primary N) is 2. The molecule has 0 aliphatic heterocycles. The minimum absolute atomic E-state index is 0.170. The zero-order valence-corrected chi connectivity index (χ0v) is 12.3. The first-order valence-corrected chi connectivity index (χ1v) is 6.92. The zero-order chi connectivity index (χ0) is 15.4. The van der Waals surface area contributed by atoms with Gasteiger partial charge in [-0.2, -0.15) is 5.10 Å². The second-order valence-electron chi connectivity index (χ2n) is 4.72. The lowest BCUT2D eigenvalue weighted by Crippen LogP contribution is -2.11. The standard InChI is InChI=1S/C15H20N4O2/c1-3-11-8-12(19(4-2)18-11)9-21-15(20)13-6-5-10(16)7-14(13)17/h5-8H,3-4,9,16-17H2,1-2H3. The Labute approximate surface area is 123 Å². The van der Waals surface area contributed by atoms with Gasteiger partial charge >= 0.3 is 5.97 Å². The van der Waals surface area contributed by atoms with Crippen molar-refractivity contribution in [3.05, 3.63) is 41.2 Å². The van der Waals surface area contributed by atoms with Gasteiger partial charge in [-0.05, 0) is 37.6 Å². The topological polar surface area (TPSA) is 96.2 Å². The number of nitrogens with zero attached hydrogens (tertiary/aromatic N) is 2. The molecule has 0 aliphatic carbocycles. The van der Waals surface area contributed by atoms with Crippen LogP contribution in [0.1, 0.15) is 35.6 Å². The fourth-order valence-electron chi connectivity index (χ4n) is 2.06. The summed E-state index contributed by atoms with van der Waals surface area (Å²) in [6.07, 6.45) is 0.846. The molecule has 4 N–H and O–H groups in total. The number of aromatic nitrogens is 2. The first-order valence-electron chi connectivity index (χ1n) is 6.92. The molecular formula is C15H20N4O2. The minimum Gasteiger partial charge on any atom is -0.456 e. The number of aryl methyl sites for hydroxylation is 2. The van der Waals surface area contributed by atoms with E-state index < -0.39 is 5.97 Å². The molecule has 0 saturated carbocycles. The van der Waals surface area contributed by atoms with Crippen LogP contribution in [-0.2, 0) is 24.3 Å². The number of rotatable bonds is 5. The molecule has 0 atom stereocenters. The summed E-state index contributed by atoms with van der Waals surface area (Å²) >= 11 is 0. The van der Waals surface area contributed by atoms with Gasteiger partial charge in [0, 0.05) is 17.9 Å². The van der Waals surface area contributed by atoms with Crippen LogP contribution in [0.3, 0.4) is 0 Å². The summed E-state index contributed by atoms with van der Waals surface area (Å²) < 4.78 is 7.15. The first kappa shape index (κ1) is 14.9. The van der Waals surface area contributed by atoms with Gasteiger partial charge in [0.2, 0.25) is 0 Å². The fraction of sp³-hybridized carbons (Fsp3) is 0.333. The maximum Gasteiger partial charge on any atom is 0.340 e. The number of carbonyl (C=O) groups excluding carboxylic acids is 1. The van der Waals surface area contributed by atoms with Crippen molar-refractivity contribution in [1.29, 1.82) is 0 Å². The molecule has 0 saturated heterocycles. The lowest BCUT2D eigenvalue weighted by Gasteiger charge is -2.08. The molecule has 21 heavy (non-hydrogen) atoms. The van der Waals surface area contributed by atoms with Crippen molar-refractivity contribution in [2.45, 2.75) is 33.4 Å². The Morgan fingerprint density at radius 3 is 2.67 bits per heavy atom. The second-order valence-corrected chi connectivity index (χ2v) is 4.72. The van der Waals surface area contributed by atoms with Gasteiger partial charge in [0.15, 0.2) is 0 Å². The number of anilines is 2. The number of hydrogen-bond donors (Lipinski definition) is 2. The molecule has 1 heterocycles. The molecule has 2 aromatic rings. The molecule has 1 aromatic heterocycles. The molecule has 2 rings (SSSR count). The molecule has 0 bridgehead atoms. The average molecular weight is 288 g/mol. The van der Waals surface area contributed by atoms with Crippen LogP contribution in [0.25, 0.3) is 0 Å². The van der Waals surface area contributed by atoms with Crippen molar-refractivity contribution in [3.8, 4) is 0 Å². The molecule has 112 valence electrons. The smallest absolute Gasteiger partial charge is 0.340 e. The van der Waals surface area contributed by atoms with E-state index >= 15 is 0 Å². The Balaban J connectivity index is 2.08. The summed E-state index contributed by atoms with van der Waals surface area (Å²) in [4.78, 5) is 12.1. The van der Waals surface area contributed by atoms with E-state index in [1.165, 1.54) is 0 Å². The van der Waals surface area contributed by atoms with E-state index in [4.69, 9.17) is 16.2 Å². The highest BCUT2D eigenvalue weighted by Gasteiger charge is 2.13. The largest absolute Gasteiger partial charge is 0.456 e. The van der Waals surface area contributed by atoms with Crippen LogP contribution in [-0.4, -0.2) is 15.7 Å². The Hall–Kier alpha value is -2.50. The van der Waals surface area contributed by atoms with Gasteiger partial charge in [0.25, 0.3) is 0 Å². The number of benzene rings is 1. The van der Waals surface area contributed by atoms with E-state index in [1.54, 1.807) is 18.2 Å². The molecule has 6 heteroatoms. The number of hydrogen-bond acceptors (Lipinski definition) is 5. The summed E-state index contributed by atoms with van der Waals surface area (Å²) in [6, 6.07) is 6.69. The van der Waals surface area contributed by atoms with E-state index in [0.29, 0.717) is 16.9 Å². The van der Waals surface area contributed by atoms with Crippen LogP contribution in [0.15, 0.2) is 24.3 Å². The van der Waals surface area contributed by atoms with E-state index in [9.17, 15) is 4.79 Å². The zero-order valence-electron chi connectivity index (χ0n) is 12.3. The monoisotopic (exact) mass is 288 g/mol. The van der Waals surface area contributed by atoms with Crippen molar-refractivity contribution < 1.29 is 9.53 Å². The molecule has 0 spiro atoms. The lowest BCUT2D eigenvalue weighted by atomic mass is 10.1. The summed E-state index contributed by atoms with van der Waals surface area (Å²) in [5.41, 5.74) is 14.4.